The largest absolute Gasteiger partial charge is 0.467 e. The van der Waals surface area contributed by atoms with Gasteiger partial charge in [0, 0.05) is 0 Å². The summed E-state index contributed by atoms with van der Waals surface area (Å²) in [5.41, 5.74) is -0.103. The van der Waals surface area contributed by atoms with E-state index in [-0.39, 0.29) is 15.8 Å². The minimum atomic E-state index is -4.57. The first-order chi connectivity index (χ1) is 19.8. The Labute approximate surface area is 238 Å². The fourth-order valence-corrected chi connectivity index (χ4v) is 11.5. The molecule has 1 atom stereocenters. The molecule has 10 heteroatoms. The second-order valence-corrected chi connectivity index (χ2v) is 14.2. The van der Waals surface area contributed by atoms with E-state index in [2.05, 4.69) is 0 Å². The second kappa shape index (κ2) is 11.2. The van der Waals surface area contributed by atoms with Gasteiger partial charge >= 0.3 is 11.9 Å². The maximum atomic E-state index is 14.1. The predicted molar refractivity (Wildman–Crippen MR) is 158 cm³/mol. The first-order valence-corrected chi connectivity index (χ1v) is 15.8. The van der Waals surface area contributed by atoms with Gasteiger partial charge in [0.15, 0.2) is 6.04 Å². The van der Waals surface area contributed by atoms with E-state index in [9.17, 15) is 22.8 Å². The average molecular weight is 588 g/mol. The molecule has 4 aromatic carbocycles. The van der Waals surface area contributed by atoms with E-state index in [1.807, 2.05) is 54.6 Å². The van der Waals surface area contributed by atoms with Crippen LogP contribution < -0.4 is 15.9 Å². The first kappa shape index (κ1) is 28.1. The van der Waals surface area contributed by atoms with Gasteiger partial charge in [0.25, 0.3) is 15.9 Å². The summed E-state index contributed by atoms with van der Waals surface area (Å²) in [5, 5.41) is 1.73. The fourth-order valence-electron chi connectivity index (χ4n) is 5.24. The van der Waals surface area contributed by atoms with E-state index in [1.165, 1.54) is 24.3 Å². The number of nitrogens with zero attached hydrogens (tertiary/aromatic N) is 1. The molecule has 1 aliphatic heterocycles. The van der Waals surface area contributed by atoms with Crippen molar-refractivity contribution in [2.24, 2.45) is 0 Å². The first-order valence-electron chi connectivity index (χ1n) is 12.6. The number of methoxy groups -OCH3 is 2. The lowest BCUT2D eigenvalue weighted by molar-refractivity contribution is -0.143. The molecule has 4 aromatic rings. The lowest BCUT2D eigenvalue weighted by Crippen LogP contribution is -2.54. The highest BCUT2D eigenvalue weighted by Gasteiger charge is 2.53. The Morgan fingerprint density at radius 3 is 1.54 bits per heavy atom. The van der Waals surface area contributed by atoms with Crippen LogP contribution in [0.25, 0.3) is 0 Å². The number of fused-ring (bicyclic) bond motifs is 1. The van der Waals surface area contributed by atoms with Crippen LogP contribution in [0.3, 0.4) is 0 Å². The molecule has 1 heterocycles. The smallest absolute Gasteiger partial charge is 0.337 e. The van der Waals surface area contributed by atoms with E-state index in [4.69, 9.17) is 9.47 Å². The molecule has 0 fully saturated rings. The van der Waals surface area contributed by atoms with Crippen LogP contribution in [0.15, 0.2) is 120 Å². The second-order valence-electron chi connectivity index (χ2n) is 9.08. The monoisotopic (exact) mass is 587 g/mol. The molecule has 1 amide bonds. The van der Waals surface area contributed by atoms with Gasteiger partial charge in [0.05, 0.1) is 25.1 Å². The molecule has 0 aliphatic carbocycles. The number of esters is 2. The fraction of sp³-hybridized carbons (Fsp3) is 0.0968. The number of benzene rings is 4. The van der Waals surface area contributed by atoms with Gasteiger partial charge in [-0.2, -0.15) is 0 Å². The molecule has 0 saturated heterocycles. The number of carbonyl (C=O) groups is 3. The number of carbonyl (C=O) groups excluding carboxylic acids is 3. The van der Waals surface area contributed by atoms with Crippen molar-refractivity contribution >= 4 is 56.0 Å². The minimum Gasteiger partial charge on any atom is -0.467 e. The quantitative estimate of drug-likeness (QED) is 0.242. The van der Waals surface area contributed by atoms with Gasteiger partial charge in [-0.05, 0) is 34.9 Å². The lowest BCUT2D eigenvalue weighted by Gasteiger charge is -2.36. The molecule has 0 bridgehead atoms. The average Bonchev–Trinajstić information content (AvgIpc) is 3.22. The summed E-state index contributed by atoms with van der Waals surface area (Å²) < 4.78 is 38.8. The third-order valence-corrected chi connectivity index (χ3v) is 13.1. The van der Waals surface area contributed by atoms with E-state index < -0.39 is 40.8 Å². The zero-order valence-electron chi connectivity index (χ0n) is 22.2. The SMILES string of the molecule is COC(=O)C(C(C(=O)OC)N1C(=O)c2ccccc2S1(=O)=O)=P(c1ccccc1)(c1ccccc1)c1ccccc1. The summed E-state index contributed by atoms with van der Waals surface area (Å²) in [4.78, 5) is 41.5. The van der Waals surface area contributed by atoms with Crippen molar-refractivity contribution in [1.82, 2.24) is 4.31 Å². The highest BCUT2D eigenvalue weighted by molar-refractivity contribution is 7.96. The van der Waals surface area contributed by atoms with Gasteiger partial charge in [-0.3, -0.25) is 4.79 Å². The number of hydrogen-bond donors (Lipinski definition) is 0. The molecule has 41 heavy (non-hydrogen) atoms. The van der Waals surface area contributed by atoms with Crippen LogP contribution in [-0.2, 0) is 29.1 Å². The lowest BCUT2D eigenvalue weighted by atomic mass is 10.1. The third-order valence-electron chi connectivity index (χ3n) is 6.96. The highest BCUT2D eigenvalue weighted by atomic mass is 32.2. The van der Waals surface area contributed by atoms with E-state index >= 15 is 0 Å². The van der Waals surface area contributed by atoms with Crippen LogP contribution in [0, 0.1) is 0 Å². The zero-order valence-corrected chi connectivity index (χ0v) is 23.9. The summed E-state index contributed by atoms with van der Waals surface area (Å²) in [7, 11) is -2.34. The maximum absolute atomic E-state index is 14.1. The Hall–Kier alpha value is -4.46. The van der Waals surface area contributed by atoms with E-state index in [0.717, 1.165) is 14.2 Å². The van der Waals surface area contributed by atoms with Crippen molar-refractivity contribution in [3.05, 3.63) is 121 Å². The van der Waals surface area contributed by atoms with Gasteiger partial charge < -0.3 is 9.47 Å². The van der Waals surface area contributed by atoms with E-state index in [0.29, 0.717) is 20.2 Å². The molecule has 8 nitrogen and oxygen atoms in total. The summed E-state index contributed by atoms with van der Waals surface area (Å²) in [6.07, 6.45) is 0. The van der Waals surface area contributed by atoms with Crippen LogP contribution in [0.2, 0.25) is 0 Å². The van der Waals surface area contributed by atoms with Gasteiger partial charge in [0.2, 0.25) is 0 Å². The van der Waals surface area contributed by atoms with Gasteiger partial charge in [0.1, 0.15) is 4.90 Å². The highest BCUT2D eigenvalue weighted by Crippen LogP contribution is 2.48. The number of sulfonamides is 1. The van der Waals surface area contributed by atoms with Crippen LogP contribution >= 0.6 is 6.89 Å². The predicted octanol–water partition coefficient (Wildman–Crippen LogP) is 2.71. The van der Waals surface area contributed by atoms with Gasteiger partial charge in [-0.1, -0.05) is 103 Å². The van der Waals surface area contributed by atoms with Crippen molar-refractivity contribution in [2.75, 3.05) is 14.2 Å². The molecule has 1 unspecified atom stereocenters. The molecule has 0 saturated carbocycles. The standard InChI is InChI=1S/C31H26NO7PS/c1-38-30(34)27(32-29(33)25-20-12-13-21-26(25)41(32,36)37)28(31(35)39-2)40(22-14-6-3-7-15-22,23-16-8-4-9-17-23)24-18-10-5-11-19-24/h3-21,27H,1-2H3. The summed E-state index contributed by atoms with van der Waals surface area (Å²) in [5.74, 6) is -2.98. The third kappa shape index (κ3) is 4.47. The van der Waals surface area contributed by atoms with Crippen molar-refractivity contribution in [2.45, 2.75) is 10.9 Å². The topological polar surface area (TPSA) is 107 Å². The number of rotatable bonds is 7. The summed E-state index contributed by atoms with van der Waals surface area (Å²) in [6.45, 7) is -3.41. The van der Waals surface area contributed by atoms with Gasteiger partial charge in [-0.15, -0.1) is 0 Å². The molecular weight excluding hydrogens is 561 g/mol. The van der Waals surface area contributed by atoms with Crippen LogP contribution in [0.4, 0.5) is 0 Å². The Balaban J connectivity index is 2.05. The molecule has 0 radical (unpaired) electrons. The number of hydrogen-bond acceptors (Lipinski definition) is 7. The van der Waals surface area contributed by atoms with Crippen molar-refractivity contribution in [1.29, 1.82) is 0 Å². The summed E-state index contributed by atoms with van der Waals surface area (Å²) in [6, 6.07) is 30.9. The molecule has 5 rings (SSSR count). The Kier molecular flexibility index (Phi) is 7.67. The molecule has 208 valence electrons. The maximum Gasteiger partial charge on any atom is 0.337 e. The Bertz CT molecular complexity index is 1690. The molecule has 1 aliphatic rings. The van der Waals surface area contributed by atoms with Crippen molar-refractivity contribution in [3.8, 4) is 0 Å². The number of amides is 1. The van der Waals surface area contributed by atoms with Crippen LogP contribution in [-0.4, -0.2) is 56.1 Å². The summed E-state index contributed by atoms with van der Waals surface area (Å²) >= 11 is 0. The van der Waals surface area contributed by atoms with Crippen LogP contribution in [0.1, 0.15) is 10.4 Å². The molecule has 0 N–H and O–H groups in total. The van der Waals surface area contributed by atoms with Crippen LogP contribution in [0.5, 0.6) is 0 Å². The zero-order chi connectivity index (χ0) is 29.2. The van der Waals surface area contributed by atoms with E-state index in [1.54, 1.807) is 36.4 Å². The minimum absolute atomic E-state index is 0.103. The van der Waals surface area contributed by atoms with Gasteiger partial charge in [-0.25, -0.2) is 22.3 Å². The Morgan fingerprint density at radius 1 is 0.683 bits per heavy atom. The Morgan fingerprint density at radius 2 is 1.12 bits per heavy atom. The number of ether oxygens (including phenoxy) is 2. The molecular formula is C31H26NO7PS. The molecule has 0 aromatic heterocycles. The van der Waals surface area contributed by atoms with Crippen molar-refractivity contribution < 1.29 is 32.3 Å². The van der Waals surface area contributed by atoms with Crippen molar-refractivity contribution in [3.63, 3.8) is 0 Å². The normalized spacial score (nSPS) is 14.6. The molecule has 0 spiro atoms.